The number of methoxy groups -OCH3 is 1. The maximum absolute atomic E-state index is 9.91. The molecule has 1 aromatic rings. The highest BCUT2D eigenvalue weighted by molar-refractivity contribution is 7.99. The summed E-state index contributed by atoms with van der Waals surface area (Å²) < 4.78 is 5.26. The van der Waals surface area contributed by atoms with Crippen LogP contribution < -0.4 is 10.1 Å². The highest BCUT2D eigenvalue weighted by Gasteiger charge is 2.44. The fraction of sp³-hybridized carbons (Fsp3) is 0.625. The molecule has 1 aromatic carbocycles. The molecule has 0 heterocycles. The second-order valence-electron chi connectivity index (χ2n) is 5.86. The lowest BCUT2D eigenvalue weighted by Gasteiger charge is -2.35. The van der Waals surface area contributed by atoms with E-state index in [1.165, 1.54) is 17.7 Å². The van der Waals surface area contributed by atoms with Crippen molar-refractivity contribution in [1.82, 2.24) is 5.32 Å². The molecule has 1 aliphatic carbocycles. The van der Waals surface area contributed by atoms with Crippen molar-refractivity contribution >= 4 is 11.8 Å². The van der Waals surface area contributed by atoms with Crippen LogP contribution in [0.15, 0.2) is 29.2 Å². The number of benzene rings is 1. The second-order valence-corrected chi connectivity index (χ2v) is 6.90. The third-order valence-corrected chi connectivity index (χ3v) is 5.00. The van der Waals surface area contributed by atoms with Gasteiger partial charge in [-0.15, -0.1) is 11.8 Å². The van der Waals surface area contributed by atoms with E-state index in [1.807, 2.05) is 12.1 Å². The third kappa shape index (κ3) is 3.90. The summed E-state index contributed by atoms with van der Waals surface area (Å²) in [5, 5.41) is 13.5. The lowest BCUT2D eigenvalue weighted by atomic mass is 9.95. The molecule has 1 aliphatic rings. The fourth-order valence-electron chi connectivity index (χ4n) is 2.61. The topological polar surface area (TPSA) is 41.5 Å². The second kappa shape index (κ2) is 6.83. The van der Waals surface area contributed by atoms with Gasteiger partial charge >= 0.3 is 0 Å². The van der Waals surface area contributed by atoms with Crippen LogP contribution in [0.1, 0.15) is 26.7 Å². The van der Waals surface area contributed by atoms with Crippen molar-refractivity contribution in [2.24, 2.45) is 5.92 Å². The van der Waals surface area contributed by atoms with Crippen LogP contribution in [0.2, 0.25) is 0 Å². The first-order valence-corrected chi connectivity index (χ1v) is 8.23. The van der Waals surface area contributed by atoms with Gasteiger partial charge in [-0.05, 0) is 37.0 Å². The number of rotatable bonds is 8. The molecule has 1 unspecified atom stereocenters. The van der Waals surface area contributed by atoms with Crippen LogP contribution in [0.5, 0.6) is 5.75 Å². The summed E-state index contributed by atoms with van der Waals surface area (Å²) >= 11 is 1.79. The largest absolute Gasteiger partial charge is 0.497 e. The predicted octanol–water partition coefficient (Wildman–Crippen LogP) is 2.93. The number of nitrogens with one attached hydrogen (secondary N) is 1. The lowest BCUT2D eigenvalue weighted by molar-refractivity contribution is 0.150. The van der Waals surface area contributed by atoms with Gasteiger partial charge in [0.15, 0.2) is 0 Å². The summed E-state index contributed by atoms with van der Waals surface area (Å²) in [5.41, 5.74) is -0.151. The molecule has 0 aliphatic heterocycles. The molecule has 3 nitrogen and oxygen atoms in total. The quantitative estimate of drug-likeness (QED) is 0.724. The molecule has 4 heteroatoms. The first-order valence-electron chi connectivity index (χ1n) is 7.25. The number of aliphatic hydroxyl groups excluding tert-OH is 1. The number of ether oxygens (including phenoxy) is 1. The van der Waals surface area contributed by atoms with Gasteiger partial charge in [0, 0.05) is 16.7 Å². The minimum Gasteiger partial charge on any atom is -0.497 e. The highest BCUT2D eigenvalue weighted by atomic mass is 32.2. The molecule has 20 heavy (non-hydrogen) atoms. The van der Waals surface area contributed by atoms with Crippen LogP contribution in [0.25, 0.3) is 0 Å². The van der Waals surface area contributed by atoms with Gasteiger partial charge in [-0.25, -0.2) is 0 Å². The molecule has 2 rings (SSSR count). The Hall–Kier alpha value is -0.710. The van der Waals surface area contributed by atoms with E-state index in [2.05, 4.69) is 31.3 Å². The summed E-state index contributed by atoms with van der Waals surface area (Å²) in [5.74, 6) is 2.38. The molecule has 112 valence electrons. The Labute approximate surface area is 126 Å². The van der Waals surface area contributed by atoms with Crippen molar-refractivity contribution < 1.29 is 9.84 Å². The number of hydrogen-bond acceptors (Lipinski definition) is 4. The summed E-state index contributed by atoms with van der Waals surface area (Å²) in [6.45, 7) is 4.48. The monoisotopic (exact) mass is 295 g/mol. The zero-order valence-corrected chi connectivity index (χ0v) is 13.4. The average molecular weight is 295 g/mol. The molecular formula is C16H25NO2S. The third-order valence-electron chi connectivity index (χ3n) is 3.75. The molecule has 0 amide bonds. The molecular weight excluding hydrogens is 270 g/mol. The minimum atomic E-state index is -0.151. The highest BCUT2D eigenvalue weighted by Crippen LogP contribution is 2.42. The Morgan fingerprint density at radius 2 is 2.20 bits per heavy atom. The van der Waals surface area contributed by atoms with E-state index >= 15 is 0 Å². The SMILES string of the molecule is COc1cccc(SCC(CO)(NC(C)C)C2CC2)c1. The summed E-state index contributed by atoms with van der Waals surface area (Å²) in [6.07, 6.45) is 2.44. The van der Waals surface area contributed by atoms with Gasteiger partial charge in [-0.2, -0.15) is 0 Å². The molecule has 1 fully saturated rings. The van der Waals surface area contributed by atoms with Gasteiger partial charge in [0.1, 0.15) is 5.75 Å². The van der Waals surface area contributed by atoms with Crippen LogP contribution in [0.3, 0.4) is 0 Å². The van der Waals surface area contributed by atoms with E-state index in [0.29, 0.717) is 12.0 Å². The molecule has 1 atom stereocenters. The van der Waals surface area contributed by atoms with E-state index in [4.69, 9.17) is 4.74 Å². The van der Waals surface area contributed by atoms with Gasteiger partial charge in [0.25, 0.3) is 0 Å². The van der Waals surface area contributed by atoms with Crippen molar-refractivity contribution in [2.75, 3.05) is 19.5 Å². The van der Waals surface area contributed by atoms with Gasteiger partial charge in [0.2, 0.25) is 0 Å². The summed E-state index contributed by atoms with van der Waals surface area (Å²) in [7, 11) is 1.69. The van der Waals surface area contributed by atoms with Crippen molar-refractivity contribution in [2.45, 2.75) is 43.2 Å². The summed E-state index contributed by atoms with van der Waals surface area (Å²) in [6, 6.07) is 8.49. The smallest absolute Gasteiger partial charge is 0.119 e. The molecule has 2 N–H and O–H groups in total. The Balaban J connectivity index is 2.04. The molecule has 0 bridgehead atoms. The van der Waals surface area contributed by atoms with Crippen molar-refractivity contribution in [3.8, 4) is 5.75 Å². The van der Waals surface area contributed by atoms with Crippen LogP contribution >= 0.6 is 11.8 Å². The number of aliphatic hydroxyl groups is 1. The summed E-state index contributed by atoms with van der Waals surface area (Å²) in [4.78, 5) is 1.19. The molecule has 0 saturated heterocycles. The number of thioether (sulfide) groups is 1. The van der Waals surface area contributed by atoms with E-state index < -0.39 is 0 Å². The van der Waals surface area contributed by atoms with Crippen molar-refractivity contribution in [3.63, 3.8) is 0 Å². The first-order chi connectivity index (χ1) is 9.59. The molecule has 0 radical (unpaired) electrons. The Kier molecular flexibility index (Phi) is 5.35. The maximum Gasteiger partial charge on any atom is 0.119 e. The van der Waals surface area contributed by atoms with Crippen LogP contribution in [0.4, 0.5) is 0 Å². The fourth-order valence-corrected chi connectivity index (χ4v) is 3.82. The average Bonchev–Trinajstić information content (AvgIpc) is 3.28. The van der Waals surface area contributed by atoms with Crippen LogP contribution in [0, 0.1) is 5.92 Å². The zero-order valence-electron chi connectivity index (χ0n) is 12.6. The van der Waals surface area contributed by atoms with Crippen LogP contribution in [-0.4, -0.2) is 36.2 Å². The van der Waals surface area contributed by atoms with Gasteiger partial charge in [-0.3, -0.25) is 0 Å². The minimum absolute atomic E-state index is 0.151. The molecule has 1 saturated carbocycles. The zero-order chi connectivity index (χ0) is 14.6. The van der Waals surface area contributed by atoms with Crippen molar-refractivity contribution in [3.05, 3.63) is 24.3 Å². The van der Waals surface area contributed by atoms with Crippen molar-refractivity contribution in [1.29, 1.82) is 0 Å². The Bertz CT molecular complexity index is 434. The predicted molar refractivity (Wildman–Crippen MR) is 84.5 cm³/mol. The van der Waals surface area contributed by atoms with E-state index in [0.717, 1.165) is 11.5 Å². The molecule has 0 spiro atoms. The maximum atomic E-state index is 9.91. The standard InChI is InChI=1S/C16H25NO2S/c1-12(2)17-16(10-18,13-7-8-13)11-20-15-6-4-5-14(9-15)19-3/h4-6,9,12-13,17-18H,7-8,10-11H2,1-3H3. The van der Waals surface area contributed by atoms with Gasteiger partial charge in [-0.1, -0.05) is 19.9 Å². The van der Waals surface area contributed by atoms with E-state index in [9.17, 15) is 5.11 Å². The van der Waals surface area contributed by atoms with E-state index in [1.54, 1.807) is 18.9 Å². The van der Waals surface area contributed by atoms with Gasteiger partial charge < -0.3 is 15.2 Å². The lowest BCUT2D eigenvalue weighted by Crippen LogP contribution is -2.55. The normalized spacial score (nSPS) is 18.1. The van der Waals surface area contributed by atoms with Crippen LogP contribution in [-0.2, 0) is 0 Å². The van der Waals surface area contributed by atoms with Gasteiger partial charge in [0.05, 0.1) is 19.3 Å². The Morgan fingerprint density at radius 3 is 2.75 bits per heavy atom. The molecule has 0 aromatic heterocycles. The first kappa shape index (κ1) is 15.7. The number of hydrogen-bond donors (Lipinski definition) is 2. The van der Waals surface area contributed by atoms with E-state index in [-0.39, 0.29) is 12.1 Å². The Morgan fingerprint density at radius 1 is 1.45 bits per heavy atom.